The standard InChI is InChI=1S/C14H23NO4S2/c1-3-5-7-11(6-4-2)15-21(18,19)14-9-8-12(20-14)10-13(16)17/h8-9,11,15H,3-7,10H2,1-2H3,(H,16,17). The lowest BCUT2D eigenvalue weighted by atomic mass is 10.1. The Morgan fingerprint density at radius 1 is 1.29 bits per heavy atom. The van der Waals surface area contributed by atoms with Gasteiger partial charge in [0, 0.05) is 10.9 Å². The van der Waals surface area contributed by atoms with Gasteiger partial charge in [-0.1, -0.05) is 33.1 Å². The fourth-order valence-electron chi connectivity index (χ4n) is 2.09. The largest absolute Gasteiger partial charge is 0.481 e. The van der Waals surface area contributed by atoms with Crippen LogP contribution in [0, 0.1) is 0 Å². The van der Waals surface area contributed by atoms with E-state index in [9.17, 15) is 13.2 Å². The van der Waals surface area contributed by atoms with Gasteiger partial charge in [-0.3, -0.25) is 4.79 Å². The number of carboxylic acids is 1. The van der Waals surface area contributed by atoms with Crippen molar-refractivity contribution >= 4 is 27.3 Å². The molecule has 0 bridgehead atoms. The molecule has 5 nitrogen and oxygen atoms in total. The van der Waals surface area contributed by atoms with Gasteiger partial charge in [-0.2, -0.15) is 0 Å². The minimum absolute atomic E-state index is 0.0510. The van der Waals surface area contributed by atoms with Gasteiger partial charge in [0.2, 0.25) is 10.0 Å². The van der Waals surface area contributed by atoms with Crippen molar-refractivity contribution in [3.05, 3.63) is 17.0 Å². The van der Waals surface area contributed by atoms with Crippen LogP contribution >= 0.6 is 11.3 Å². The number of hydrogen-bond donors (Lipinski definition) is 2. The zero-order valence-corrected chi connectivity index (χ0v) is 14.1. The van der Waals surface area contributed by atoms with Crippen LogP contribution in [0.15, 0.2) is 16.3 Å². The topological polar surface area (TPSA) is 83.5 Å². The molecule has 21 heavy (non-hydrogen) atoms. The molecule has 0 spiro atoms. The molecule has 0 aliphatic carbocycles. The number of rotatable bonds is 10. The number of carbonyl (C=O) groups is 1. The second-order valence-electron chi connectivity index (χ2n) is 5.04. The second kappa shape index (κ2) is 8.51. The van der Waals surface area contributed by atoms with Crippen molar-refractivity contribution in [2.75, 3.05) is 0 Å². The Labute approximate surface area is 130 Å². The number of hydrogen-bond acceptors (Lipinski definition) is 4. The van der Waals surface area contributed by atoms with Gasteiger partial charge in [-0.05, 0) is 25.0 Å². The van der Waals surface area contributed by atoms with Gasteiger partial charge in [0.05, 0.1) is 6.42 Å². The van der Waals surface area contributed by atoms with Crippen LogP contribution in [0.1, 0.15) is 50.8 Å². The van der Waals surface area contributed by atoms with Crippen molar-refractivity contribution in [3.8, 4) is 0 Å². The average Bonchev–Trinajstić information content (AvgIpc) is 2.84. The van der Waals surface area contributed by atoms with E-state index >= 15 is 0 Å². The Balaban J connectivity index is 2.78. The summed E-state index contributed by atoms with van der Waals surface area (Å²) in [4.78, 5) is 11.2. The summed E-state index contributed by atoms with van der Waals surface area (Å²) < 4.78 is 27.6. The van der Waals surface area contributed by atoms with Crippen LogP contribution in [-0.2, 0) is 21.2 Å². The maximum Gasteiger partial charge on any atom is 0.308 e. The highest BCUT2D eigenvalue weighted by molar-refractivity contribution is 7.91. The molecule has 0 saturated heterocycles. The van der Waals surface area contributed by atoms with Crippen LogP contribution in [0.4, 0.5) is 0 Å². The van der Waals surface area contributed by atoms with E-state index in [1.807, 2.05) is 6.92 Å². The molecule has 1 rings (SSSR count). The summed E-state index contributed by atoms with van der Waals surface area (Å²) in [5.74, 6) is -0.958. The number of aliphatic carboxylic acids is 1. The first-order chi connectivity index (χ1) is 9.89. The van der Waals surface area contributed by atoms with Crippen LogP contribution in [0.3, 0.4) is 0 Å². The zero-order valence-electron chi connectivity index (χ0n) is 12.5. The summed E-state index contributed by atoms with van der Waals surface area (Å²) in [5.41, 5.74) is 0. The van der Waals surface area contributed by atoms with Gasteiger partial charge in [0.1, 0.15) is 4.21 Å². The molecule has 0 fully saturated rings. The molecule has 0 aromatic carbocycles. The van der Waals surface area contributed by atoms with Gasteiger partial charge in [0.25, 0.3) is 0 Å². The van der Waals surface area contributed by atoms with E-state index in [2.05, 4.69) is 11.6 Å². The Morgan fingerprint density at radius 3 is 2.57 bits per heavy atom. The molecular weight excluding hydrogens is 310 g/mol. The lowest BCUT2D eigenvalue weighted by Crippen LogP contribution is -2.34. The highest BCUT2D eigenvalue weighted by Gasteiger charge is 2.21. The number of thiophene rings is 1. The lowest BCUT2D eigenvalue weighted by Gasteiger charge is -2.17. The predicted octanol–water partition coefficient (Wildman–Crippen LogP) is 3.01. The maximum absolute atomic E-state index is 12.3. The van der Waals surface area contributed by atoms with Crippen molar-refractivity contribution in [2.24, 2.45) is 0 Å². The zero-order chi connectivity index (χ0) is 15.9. The number of nitrogens with one attached hydrogen (secondary N) is 1. The third kappa shape index (κ3) is 6.15. The fourth-order valence-corrected chi connectivity index (χ4v) is 4.75. The van der Waals surface area contributed by atoms with Gasteiger partial charge in [-0.15, -0.1) is 11.3 Å². The fraction of sp³-hybridized carbons (Fsp3) is 0.643. The van der Waals surface area contributed by atoms with Crippen LogP contribution < -0.4 is 4.72 Å². The molecule has 2 N–H and O–H groups in total. The van der Waals surface area contributed by atoms with E-state index in [0.29, 0.717) is 4.88 Å². The summed E-state index contributed by atoms with van der Waals surface area (Å²) in [6, 6.07) is 2.99. The monoisotopic (exact) mass is 333 g/mol. The molecular formula is C14H23NO4S2. The maximum atomic E-state index is 12.3. The highest BCUT2D eigenvalue weighted by atomic mass is 32.2. The molecule has 7 heteroatoms. The molecule has 120 valence electrons. The highest BCUT2D eigenvalue weighted by Crippen LogP contribution is 2.23. The van der Waals surface area contributed by atoms with E-state index < -0.39 is 16.0 Å². The van der Waals surface area contributed by atoms with Crippen molar-refractivity contribution in [2.45, 2.75) is 62.6 Å². The summed E-state index contributed by atoms with van der Waals surface area (Å²) in [6.45, 7) is 4.11. The Bertz CT molecular complexity index is 551. The van der Waals surface area contributed by atoms with Crippen molar-refractivity contribution in [3.63, 3.8) is 0 Å². The van der Waals surface area contributed by atoms with Gasteiger partial charge in [-0.25, -0.2) is 13.1 Å². The number of carboxylic acid groups (broad SMARTS) is 1. The van der Waals surface area contributed by atoms with E-state index in [0.717, 1.165) is 43.4 Å². The van der Waals surface area contributed by atoms with E-state index in [-0.39, 0.29) is 16.7 Å². The Morgan fingerprint density at radius 2 is 2.00 bits per heavy atom. The minimum atomic E-state index is -3.55. The van der Waals surface area contributed by atoms with Gasteiger partial charge in [0.15, 0.2) is 0 Å². The molecule has 1 aromatic heterocycles. The van der Waals surface area contributed by atoms with Crippen molar-refractivity contribution < 1.29 is 18.3 Å². The second-order valence-corrected chi connectivity index (χ2v) is 8.15. The van der Waals surface area contributed by atoms with Crippen molar-refractivity contribution in [1.82, 2.24) is 4.72 Å². The third-order valence-electron chi connectivity index (χ3n) is 3.09. The molecule has 0 amide bonds. The molecule has 0 aliphatic heterocycles. The summed E-state index contributed by atoms with van der Waals surface area (Å²) in [5, 5.41) is 8.73. The van der Waals surface area contributed by atoms with E-state index in [4.69, 9.17) is 5.11 Å². The average molecular weight is 333 g/mol. The molecule has 1 aromatic rings. The molecule has 1 atom stereocenters. The Hall–Kier alpha value is -0.920. The quantitative estimate of drug-likeness (QED) is 0.689. The molecule has 0 radical (unpaired) electrons. The van der Waals surface area contributed by atoms with Crippen LogP contribution in [0.5, 0.6) is 0 Å². The summed E-state index contributed by atoms with van der Waals surface area (Å²) in [6.07, 6.45) is 4.44. The van der Waals surface area contributed by atoms with Crippen LogP contribution in [0.2, 0.25) is 0 Å². The van der Waals surface area contributed by atoms with Crippen LogP contribution in [0.25, 0.3) is 0 Å². The van der Waals surface area contributed by atoms with E-state index in [1.165, 1.54) is 6.07 Å². The minimum Gasteiger partial charge on any atom is -0.481 e. The van der Waals surface area contributed by atoms with Gasteiger partial charge < -0.3 is 5.11 Å². The SMILES string of the molecule is CCCCC(CCC)NS(=O)(=O)c1ccc(CC(=O)O)s1. The molecule has 1 unspecified atom stereocenters. The predicted molar refractivity (Wildman–Crippen MR) is 84.2 cm³/mol. The third-order valence-corrected chi connectivity index (χ3v) is 6.19. The van der Waals surface area contributed by atoms with Gasteiger partial charge >= 0.3 is 5.97 Å². The first-order valence-corrected chi connectivity index (χ1v) is 9.51. The molecule has 0 saturated carbocycles. The number of sulfonamides is 1. The number of unbranched alkanes of at least 4 members (excludes halogenated alkanes) is 1. The normalized spacial score (nSPS) is 13.2. The summed E-state index contributed by atoms with van der Waals surface area (Å²) in [7, 11) is -3.55. The smallest absolute Gasteiger partial charge is 0.308 e. The first kappa shape index (κ1) is 18.1. The lowest BCUT2D eigenvalue weighted by molar-refractivity contribution is -0.136. The first-order valence-electron chi connectivity index (χ1n) is 7.21. The molecule has 0 aliphatic rings. The Kier molecular flexibility index (Phi) is 7.34. The van der Waals surface area contributed by atoms with Crippen molar-refractivity contribution in [1.29, 1.82) is 0 Å². The summed E-state index contributed by atoms with van der Waals surface area (Å²) >= 11 is 1.02. The van der Waals surface area contributed by atoms with Crippen LogP contribution in [-0.4, -0.2) is 25.5 Å². The molecule has 1 heterocycles. The van der Waals surface area contributed by atoms with E-state index in [1.54, 1.807) is 6.07 Å².